The smallest absolute Gasteiger partial charge is 0.407 e. The molecule has 1 N–H and O–H groups in total. The number of carboxylic acid groups (broad SMARTS) is 1. The van der Waals surface area contributed by atoms with Crippen molar-refractivity contribution in [3.8, 4) is 0 Å². The van der Waals surface area contributed by atoms with Crippen molar-refractivity contribution in [1.29, 1.82) is 0 Å². The van der Waals surface area contributed by atoms with E-state index in [1.54, 1.807) is 0 Å². The molecule has 1 aromatic rings. The van der Waals surface area contributed by atoms with Crippen molar-refractivity contribution in [1.82, 2.24) is 9.88 Å². The van der Waals surface area contributed by atoms with Crippen LogP contribution in [0, 0.1) is 19.3 Å². The van der Waals surface area contributed by atoms with Crippen molar-refractivity contribution in [3.05, 3.63) is 21.4 Å². The first-order valence-corrected chi connectivity index (χ1v) is 12.8. The Morgan fingerprint density at radius 1 is 1.09 bits per heavy atom. The fourth-order valence-electron chi connectivity index (χ4n) is 5.03. The number of esters is 1. The van der Waals surface area contributed by atoms with Crippen molar-refractivity contribution in [2.75, 3.05) is 31.1 Å². The van der Waals surface area contributed by atoms with Crippen LogP contribution in [0.2, 0.25) is 0 Å². The van der Waals surface area contributed by atoms with Gasteiger partial charge in [-0.15, -0.1) is 0 Å². The number of aromatic nitrogens is 1. The fourth-order valence-corrected chi connectivity index (χ4v) is 5.58. The Balaban J connectivity index is 1.98. The minimum absolute atomic E-state index is 0.0243. The summed E-state index contributed by atoms with van der Waals surface area (Å²) in [5.41, 5.74) is 2.69. The molecule has 0 saturated carbocycles. The Bertz CT molecular complexity index is 935. The molecule has 0 aliphatic carbocycles. The number of hydrogen-bond acceptors (Lipinski definition) is 6. The quantitative estimate of drug-likeness (QED) is 0.511. The molecule has 2 fully saturated rings. The lowest BCUT2D eigenvalue weighted by molar-refractivity contribution is -0.171. The van der Waals surface area contributed by atoms with Crippen LogP contribution >= 0.6 is 15.9 Å². The SMILES string of the molecule is Cc1nc(C)c(C(OC(C)(C)C)C(=O)OC(C)C)c(N2CCC3(CCN(C(=O)O)C3)CC2)c1Br. The third-order valence-electron chi connectivity index (χ3n) is 6.65. The maximum Gasteiger partial charge on any atom is 0.407 e. The molecule has 2 aliphatic heterocycles. The lowest BCUT2D eigenvalue weighted by Crippen LogP contribution is -2.43. The molecule has 3 heterocycles. The summed E-state index contributed by atoms with van der Waals surface area (Å²) in [6.45, 7) is 16.0. The number of pyridine rings is 1. The van der Waals surface area contributed by atoms with Crippen LogP contribution in [-0.4, -0.2) is 64.9 Å². The van der Waals surface area contributed by atoms with E-state index in [1.165, 1.54) is 4.90 Å². The number of anilines is 1. The number of aryl methyl sites for hydroxylation is 2. The lowest BCUT2D eigenvalue weighted by Gasteiger charge is -2.42. The van der Waals surface area contributed by atoms with Gasteiger partial charge in [0.1, 0.15) is 0 Å². The van der Waals surface area contributed by atoms with Crippen molar-refractivity contribution in [2.24, 2.45) is 5.41 Å². The summed E-state index contributed by atoms with van der Waals surface area (Å²) >= 11 is 3.75. The fraction of sp³-hybridized carbons (Fsp3) is 0.720. The number of rotatable bonds is 5. The first kappa shape index (κ1) is 26.7. The lowest BCUT2D eigenvalue weighted by atomic mass is 9.77. The van der Waals surface area contributed by atoms with Crippen molar-refractivity contribution in [2.45, 2.75) is 85.5 Å². The molecule has 3 rings (SSSR count). The van der Waals surface area contributed by atoms with Gasteiger partial charge >= 0.3 is 12.1 Å². The molecule has 1 spiro atoms. The van der Waals surface area contributed by atoms with Crippen LogP contribution < -0.4 is 4.90 Å². The number of carbonyl (C=O) groups is 2. The van der Waals surface area contributed by atoms with Gasteiger partial charge < -0.3 is 24.4 Å². The molecule has 1 aromatic heterocycles. The highest BCUT2D eigenvalue weighted by atomic mass is 79.9. The number of hydrogen-bond donors (Lipinski definition) is 1. The summed E-state index contributed by atoms with van der Waals surface area (Å²) in [7, 11) is 0. The van der Waals surface area contributed by atoms with Gasteiger partial charge in [0, 0.05) is 37.4 Å². The van der Waals surface area contributed by atoms with Gasteiger partial charge in [-0.2, -0.15) is 0 Å². The normalized spacial score (nSPS) is 19.1. The Kier molecular flexibility index (Phi) is 7.87. The van der Waals surface area contributed by atoms with Gasteiger partial charge in [0.15, 0.2) is 6.10 Å². The second kappa shape index (κ2) is 10.0. The van der Waals surface area contributed by atoms with Crippen LogP contribution in [0.25, 0.3) is 0 Å². The van der Waals surface area contributed by atoms with Crippen molar-refractivity contribution in [3.63, 3.8) is 0 Å². The minimum atomic E-state index is -0.910. The molecule has 1 amide bonds. The number of halogens is 1. The van der Waals surface area contributed by atoms with E-state index in [2.05, 4.69) is 20.8 Å². The number of amides is 1. The van der Waals surface area contributed by atoms with Gasteiger partial charge in [0.25, 0.3) is 0 Å². The zero-order chi connectivity index (χ0) is 25.4. The molecule has 2 aliphatic rings. The summed E-state index contributed by atoms with van der Waals surface area (Å²) in [6, 6.07) is 0. The number of likely N-dealkylation sites (tertiary alicyclic amines) is 1. The topological polar surface area (TPSA) is 92.2 Å². The third-order valence-corrected chi connectivity index (χ3v) is 7.60. The second-order valence-electron chi connectivity index (χ2n) is 10.9. The van der Waals surface area contributed by atoms with E-state index >= 15 is 0 Å². The monoisotopic (exact) mass is 539 g/mol. The highest BCUT2D eigenvalue weighted by Crippen LogP contribution is 2.46. The van der Waals surface area contributed by atoms with Crippen LogP contribution in [0.1, 0.15) is 76.9 Å². The molecule has 34 heavy (non-hydrogen) atoms. The van der Waals surface area contributed by atoms with E-state index in [0.717, 1.165) is 59.5 Å². The van der Waals surface area contributed by atoms with Crippen LogP contribution in [0.15, 0.2) is 4.47 Å². The highest BCUT2D eigenvalue weighted by Gasteiger charge is 2.43. The standard InChI is InChI=1S/C25H38BrN3O5/c1-15(2)33-22(30)21(34-24(5,6)7)18-16(3)27-17(4)19(26)20(18)28-11-8-25(9-12-28)10-13-29(14-25)23(31)32/h15,21H,8-14H2,1-7H3,(H,31,32). The summed E-state index contributed by atoms with van der Waals surface area (Å²) in [4.78, 5) is 33.2. The molecule has 9 heteroatoms. The Morgan fingerprint density at radius 2 is 1.68 bits per heavy atom. The van der Waals surface area contributed by atoms with Gasteiger partial charge in [-0.3, -0.25) is 4.98 Å². The molecular weight excluding hydrogens is 502 g/mol. The van der Waals surface area contributed by atoms with Gasteiger partial charge in [0.05, 0.1) is 27.6 Å². The molecule has 8 nitrogen and oxygen atoms in total. The van der Waals surface area contributed by atoms with E-state index in [0.29, 0.717) is 13.1 Å². The van der Waals surface area contributed by atoms with Crippen LogP contribution in [0.4, 0.5) is 10.5 Å². The van der Waals surface area contributed by atoms with E-state index in [-0.39, 0.29) is 11.5 Å². The number of nitrogens with zero attached hydrogens (tertiary/aromatic N) is 3. The summed E-state index contributed by atoms with van der Waals surface area (Å²) < 4.78 is 12.7. The number of carbonyl (C=O) groups excluding carboxylic acids is 1. The Labute approximate surface area is 211 Å². The summed E-state index contributed by atoms with van der Waals surface area (Å²) in [5.74, 6) is -0.423. The zero-order valence-corrected chi connectivity index (χ0v) is 23.0. The maximum atomic E-state index is 13.2. The van der Waals surface area contributed by atoms with Gasteiger partial charge in [-0.1, -0.05) is 0 Å². The number of ether oxygens (including phenoxy) is 2. The molecule has 1 unspecified atom stereocenters. The van der Waals surface area contributed by atoms with Crippen LogP contribution in [-0.2, 0) is 14.3 Å². The van der Waals surface area contributed by atoms with Crippen LogP contribution in [0.3, 0.4) is 0 Å². The summed E-state index contributed by atoms with van der Waals surface area (Å²) in [5, 5.41) is 9.40. The molecule has 1 atom stereocenters. The number of piperidine rings is 1. The average molecular weight is 540 g/mol. The van der Waals surface area contributed by atoms with Crippen LogP contribution in [0.5, 0.6) is 0 Å². The third kappa shape index (κ3) is 5.85. The Hall–Kier alpha value is -1.87. The second-order valence-corrected chi connectivity index (χ2v) is 11.7. The Morgan fingerprint density at radius 3 is 2.18 bits per heavy atom. The predicted octanol–water partition coefficient (Wildman–Crippen LogP) is 5.24. The summed E-state index contributed by atoms with van der Waals surface area (Å²) in [6.07, 6.45) is 0.668. The van der Waals surface area contributed by atoms with Gasteiger partial charge in [0.2, 0.25) is 0 Å². The van der Waals surface area contributed by atoms with Crippen molar-refractivity contribution < 1.29 is 24.2 Å². The first-order chi connectivity index (χ1) is 15.7. The van der Waals surface area contributed by atoms with E-state index in [4.69, 9.17) is 14.5 Å². The molecule has 0 bridgehead atoms. The zero-order valence-electron chi connectivity index (χ0n) is 21.4. The van der Waals surface area contributed by atoms with Gasteiger partial charge in [-0.25, -0.2) is 9.59 Å². The maximum absolute atomic E-state index is 13.2. The highest BCUT2D eigenvalue weighted by molar-refractivity contribution is 9.10. The largest absolute Gasteiger partial charge is 0.465 e. The molecule has 0 aromatic carbocycles. The van der Waals surface area contributed by atoms with E-state index in [9.17, 15) is 14.7 Å². The molecular formula is C25H38BrN3O5. The van der Waals surface area contributed by atoms with E-state index < -0.39 is 23.8 Å². The molecule has 190 valence electrons. The average Bonchev–Trinajstić information content (AvgIpc) is 3.13. The van der Waals surface area contributed by atoms with E-state index in [1.807, 2.05) is 48.5 Å². The van der Waals surface area contributed by atoms with Crippen molar-refractivity contribution >= 4 is 33.7 Å². The molecule has 0 radical (unpaired) electrons. The minimum Gasteiger partial charge on any atom is -0.465 e. The predicted molar refractivity (Wildman–Crippen MR) is 134 cm³/mol. The first-order valence-electron chi connectivity index (χ1n) is 12.0. The van der Waals surface area contributed by atoms with Gasteiger partial charge in [-0.05, 0) is 89.1 Å². The molecule has 2 saturated heterocycles.